The summed E-state index contributed by atoms with van der Waals surface area (Å²) in [5.74, 6) is 0. The second kappa shape index (κ2) is 9.40. The lowest BCUT2D eigenvalue weighted by Gasteiger charge is -2.34. The summed E-state index contributed by atoms with van der Waals surface area (Å²) in [5.41, 5.74) is 0. The van der Waals surface area contributed by atoms with Crippen molar-refractivity contribution < 1.29 is 4.74 Å². The molecule has 0 saturated heterocycles. The highest BCUT2D eigenvalue weighted by Gasteiger charge is 2.19. The van der Waals surface area contributed by atoms with Crippen LogP contribution in [-0.2, 0) is 4.74 Å². The van der Waals surface area contributed by atoms with E-state index in [2.05, 4.69) is 50.7 Å². The van der Waals surface area contributed by atoms with Crippen LogP contribution in [0.4, 0.5) is 0 Å². The van der Waals surface area contributed by atoms with Gasteiger partial charge >= 0.3 is 0 Å². The smallest absolute Gasteiger partial charge is 0.131 e. The fraction of sp³-hybridized carbons (Fsp3) is 0.714. The van der Waals surface area contributed by atoms with E-state index in [1.165, 1.54) is 0 Å². The summed E-state index contributed by atoms with van der Waals surface area (Å²) >= 11 is 0. The van der Waals surface area contributed by atoms with Crippen LogP contribution in [0, 0.1) is 0 Å². The van der Waals surface area contributed by atoms with Gasteiger partial charge in [-0.15, -0.1) is 0 Å². The van der Waals surface area contributed by atoms with Crippen molar-refractivity contribution in [1.29, 1.82) is 0 Å². The summed E-state index contributed by atoms with van der Waals surface area (Å²) in [6.45, 7) is 20.0. The maximum Gasteiger partial charge on any atom is 0.131 e. The molecule has 0 saturated carbocycles. The van der Waals surface area contributed by atoms with Crippen molar-refractivity contribution in [3.05, 3.63) is 25.3 Å². The fourth-order valence-electron chi connectivity index (χ4n) is 1.89. The Hall–Kier alpha value is -0.640. The number of likely N-dealkylation sites (N-methyl/N-ethyl adjacent to an activating group) is 2. The van der Waals surface area contributed by atoms with Gasteiger partial charge in [0.05, 0.1) is 0 Å². The van der Waals surface area contributed by atoms with Gasteiger partial charge in [-0.05, 0) is 38.3 Å². The molecule has 0 aliphatic carbocycles. The Labute approximate surface area is 107 Å². The molecular weight excluding hydrogens is 212 g/mol. The molecule has 0 aromatic rings. The van der Waals surface area contributed by atoms with Crippen molar-refractivity contribution in [3.63, 3.8) is 0 Å². The highest BCUT2D eigenvalue weighted by Crippen LogP contribution is 2.10. The van der Waals surface area contributed by atoms with Gasteiger partial charge in [0.25, 0.3) is 0 Å². The first-order valence-electron chi connectivity index (χ1n) is 6.56. The number of ether oxygens (including phenoxy) is 1. The van der Waals surface area contributed by atoms with E-state index in [4.69, 9.17) is 4.74 Å². The molecule has 17 heavy (non-hydrogen) atoms. The Morgan fingerprint density at radius 2 is 1.12 bits per heavy atom. The maximum absolute atomic E-state index is 6.05. The van der Waals surface area contributed by atoms with Gasteiger partial charge in [0.2, 0.25) is 0 Å². The van der Waals surface area contributed by atoms with E-state index in [0.717, 1.165) is 26.2 Å². The molecular formula is C14H28N2O. The second-order valence-corrected chi connectivity index (χ2v) is 3.83. The Kier molecular flexibility index (Phi) is 9.04. The molecule has 0 fully saturated rings. The largest absolute Gasteiger partial charge is 0.338 e. The van der Waals surface area contributed by atoms with Crippen LogP contribution in [0.25, 0.3) is 0 Å². The van der Waals surface area contributed by atoms with Crippen molar-refractivity contribution >= 4 is 0 Å². The summed E-state index contributed by atoms with van der Waals surface area (Å²) in [4.78, 5) is 4.46. The molecule has 0 aromatic heterocycles. The van der Waals surface area contributed by atoms with Crippen LogP contribution in [0.1, 0.15) is 27.7 Å². The zero-order valence-corrected chi connectivity index (χ0v) is 11.9. The third kappa shape index (κ3) is 5.02. The Morgan fingerprint density at radius 3 is 1.29 bits per heavy atom. The molecule has 2 atom stereocenters. The van der Waals surface area contributed by atoms with Gasteiger partial charge in [0.15, 0.2) is 0 Å². The van der Waals surface area contributed by atoms with E-state index in [1.54, 1.807) is 0 Å². The monoisotopic (exact) mass is 240 g/mol. The molecule has 0 radical (unpaired) electrons. The van der Waals surface area contributed by atoms with Crippen molar-refractivity contribution in [1.82, 2.24) is 9.80 Å². The quantitative estimate of drug-likeness (QED) is 0.431. The SMILES string of the molecule is C=CC(OC(C=C)N(CC)CC)N(CC)CC. The molecule has 0 heterocycles. The molecule has 0 N–H and O–H groups in total. The lowest BCUT2D eigenvalue weighted by Crippen LogP contribution is -2.43. The van der Waals surface area contributed by atoms with Crippen molar-refractivity contribution in [3.8, 4) is 0 Å². The van der Waals surface area contributed by atoms with E-state index < -0.39 is 0 Å². The Balaban J connectivity index is 4.60. The Bertz CT molecular complexity index is 188. The molecule has 0 amide bonds. The van der Waals surface area contributed by atoms with Gasteiger partial charge in [0.1, 0.15) is 12.5 Å². The minimum absolute atomic E-state index is 0.0476. The number of hydrogen-bond donors (Lipinski definition) is 0. The summed E-state index contributed by atoms with van der Waals surface area (Å²) in [6, 6.07) is 0. The minimum atomic E-state index is -0.0476. The standard InChI is InChI=1S/C14H28N2O/c1-7-13(15(9-3)10-4)17-14(8-2)16(11-5)12-6/h7-8,13-14H,1-2,9-12H2,3-6H3. The predicted molar refractivity (Wildman–Crippen MR) is 74.9 cm³/mol. The van der Waals surface area contributed by atoms with Crippen LogP contribution in [0.15, 0.2) is 25.3 Å². The topological polar surface area (TPSA) is 15.7 Å². The van der Waals surface area contributed by atoms with Gasteiger partial charge in [0, 0.05) is 0 Å². The summed E-state index contributed by atoms with van der Waals surface area (Å²) in [6.07, 6.45) is 3.61. The number of rotatable bonds is 10. The molecule has 0 rings (SSSR count). The summed E-state index contributed by atoms with van der Waals surface area (Å²) < 4.78 is 6.05. The highest BCUT2D eigenvalue weighted by molar-refractivity contribution is 4.86. The molecule has 3 nitrogen and oxygen atoms in total. The molecule has 0 aliphatic rings. The molecule has 0 aromatic carbocycles. The molecule has 0 bridgehead atoms. The first kappa shape index (κ1) is 16.4. The Morgan fingerprint density at radius 1 is 0.824 bits per heavy atom. The zero-order valence-electron chi connectivity index (χ0n) is 11.9. The first-order chi connectivity index (χ1) is 8.18. The molecule has 0 aliphatic heterocycles. The number of hydrogen-bond acceptors (Lipinski definition) is 3. The second-order valence-electron chi connectivity index (χ2n) is 3.83. The van der Waals surface area contributed by atoms with Crippen LogP contribution in [0.5, 0.6) is 0 Å². The van der Waals surface area contributed by atoms with Crippen molar-refractivity contribution in [2.45, 2.75) is 40.2 Å². The van der Waals surface area contributed by atoms with Gasteiger partial charge in [-0.25, -0.2) is 0 Å². The molecule has 100 valence electrons. The van der Waals surface area contributed by atoms with Crippen LogP contribution < -0.4 is 0 Å². The first-order valence-corrected chi connectivity index (χ1v) is 6.56. The average molecular weight is 240 g/mol. The summed E-state index contributed by atoms with van der Waals surface area (Å²) in [7, 11) is 0. The fourth-order valence-corrected chi connectivity index (χ4v) is 1.89. The van der Waals surface area contributed by atoms with Crippen LogP contribution in [0.2, 0.25) is 0 Å². The zero-order chi connectivity index (χ0) is 13.3. The minimum Gasteiger partial charge on any atom is -0.338 e. The van der Waals surface area contributed by atoms with Crippen LogP contribution in [0.3, 0.4) is 0 Å². The van der Waals surface area contributed by atoms with Gasteiger partial charge in [-0.1, -0.05) is 40.9 Å². The van der Waals surface area contributed by atoms with Gasteiger partial charge in [-0.2, -0.15) is 0 Å². The third-order valence-electron chi connectivity index (χ3n) is 3.03. The third-order valence-corrected chi connectivity index (χ3v) is 3.03. The normalized spacial score (nSPS) is 14.9. The molecule has 2 unspecified atom stereocenters. The van der Waals surface area contributed by atoms with Gasteiger partial charge < -0.3 is 4.74 Å². The highest BCUT2D eigenvalue weighted by atomic mass is 16.5. The van der Waals surface area contributed by atoms with E-state index in [0.29, 0.717) is 0 Å². The maximum atomic E-state index is 6.05. The van der Waals surface area contributed by atoms with E-state index in [9.17, 15) is 0 Å². The van der Waals surface area contributed by atoms with E-state index in [-0.39, 0.29) is 12.5 Å². The number of nitrogens with zero attached hydrogens (tertiary/aromatic N) is 2. The average Bonchev–Trinajstić information content (AvgIpc) is 2.37. The van der Waals surface area contributed by atoms with Crippen molar-refractivity contribution in [2.24, 2.45) is 0 Å². The van der Waals surface area contributed by atoms with E-state index >= 15 is 0 Å². The molecule has 0 spiro atoms. The lowest BCUT2D eigenvalue weighted by atomic mass is 10.4. The lowest BCUT2D eigenvalue weighted by molar-refractivity contribution is -0.107. The molecule has 3 heteroatoms. The summed E-state index contributed by atoms with van der Waals surface area (Å²) in [5, 5.41) is 0. The van der Waals surface area contributed by atoms with Crippen LogP contribution in [-0.4, -0.2) is 48.4 Å². The van der Waals surface area contributed by atoms with Crippen molar-refractivity contribution in [2.75, 3.05) is 26.2 Å². The predicted octanol–water partition coefficient (Wildman–Crippen LogP) is 2.71. The van der Waals surface area contributed by atoms with Gasteiger partial charge in [-0.3, -0.25) is 9.80 Å². The van der Waals surface area contributed by atoms with E-state index in [1.807, 2.05) is 12.2 Å². The van der Waals surface area contributed by atoms with Crippen LogP contribution >= 0.6 is 0 Å².